The summed E-state index contributed by atoms with van der Waals surface area (Å²) >= 11 is 0. The first-order valence-corrected chi connectivity index (χ1v) is 4.57. The lowest BCUT2D eigenvalue weighted by Crippen LogP contribution is -2.21. The zero-order valence-electron chi connectivity index (χ0n) is 8.19. The molecular formula is C10H14FNO3. The van der Waals surface area contributed by atoms with Crippen molar-refractivity contribution in [2.24, 2.45) is 5.73 Å². The van der Waals surface area contributed by atoms with Crippen LogP contribution >= 0.6 is 0 Å². The van der Waals surface area contributed by atoms with E-state index < -0.39 is 11.9 Å². The van der Waals surface area contributed by atoms with E-state index in [1.165, 1.54) is 12.1 Å². The van der Waals surface area contributed by atoms with Crippen LogP contribution in [0.2, 0.25) is 0 Å². The minimum absolute atomic E-state index is 0.0794. The van der Waals surface area contributed by atoms with Crippen molar-refractivity contribution in [3.8, 4) is 5.75 Å². The lowest BCUT2D eigenvalue weighted by atomic mass is 10.2. The van der Waals surface area contributed by atoms with Gasteiger partial charge in [-0.3, -0.25) is 0 Å². The molecule has 4 N–H and O–H groups in total. The zero-order chi connectivity index (χ0) is 11.3. The Bertz CT molecular complexity index is 320. The highest BCUT2D eigenvalue weighted by Gasteiger charge is 2.05. The summed E-state index contributed by atoms with van der Waals surface area (Å²) in [4.78, 5) is 0. The summed E-state index contributed by atoms with van der Waals surface area (Å²) in [6, 6.07) is 4.10. The first kappa shape index (κ1) is 11.9. The molecule has 0 fully saturated rings. The van der Waals surface area contributed by atoms with E-state index in [9.17, 15) is 4.39 Å². The summed E-state index contributed by atoms with van der Waals surface area (Å²) in [6.07, 6.45) is -0.963. The average molecular weight is 215 g/mol. The Labute approximate surface area is 87.1 Å². The number of halogens is 1. The zero-order valence-corrected chi connectivity index (χ0v) is 8.19. The molecule has 0 aromatic heterocycles. The smallest absolute Gasteiger partial charge is 0.127 e. The molecule has 5 heteroatoms. The van der Waals surface area contributed by atoms with Gasteiger partial charge >= 0.3 is 0 Å². The number of rotatable bonds is 5. The van der Waals surface area contributed by atoms with Crippen molar-refractivity contribution >= 4 is 0 Å². The van der Waals surface area contributed by atoms with Gasteiger partial charge in [0.05, 0.1) is 6.61 Å². The van der Waals surface area contributed by atoms with Crippen molar-refractivity contribution in [1.82, 2.24) is 0 Å². The normalized spacial score (nSPS) is 12.5. The molecule has 1 unspecified atom stereocenters. The lowest BCUT2D eigenvalue weighted by molar-refractivity contribution is 0.0535. The van der Waals surface area contributed by atoms with Gasteiger partial charge in [-0.2, -0.15) is 0 Å². The monoisotopic (exact) mass is 215 g/mol. The molecule has 0 saturated carbocycles. The molecule has 0 spiro atoms. The van der Waals surface area contributed by atoms with Crippen LogP contribution in [0, 0.1) is 5.82 Å². The van der Waals surface area contributed by atoms with E-state index in [0.29, 0.717) is 11.3 Å². The average Bonchev–Trinajstić information content (AvgIpc) is 2.25. The molecule has 0 heterocycles. The van der Waals surface area contributed by atoms with Crippen molar-refractivity contribution in [3.05, 3.63) is 29.6 Å². The van der Waals surface area contributed by atoms with E-state index in [1.807, 2.05) is 0 Å². The molecule has 1 atom stereocenters. The van der Waals surface area contributed by atoms with Crippen LogP contribution in [0.5, 0.6) is 5.75 Å². The maximum Gasteiger partial charge on any atom is 0.127 e. The molecule has 0 bridgehead atoms. The van der Waals surface area contributed by atoms with E-state index in [1.54, 1.807) is 6.07 Å². The molecule has 0 radical (unpaired) electrons. The van der Waals surface area contributed by atoms with Crippen LogP contribution in [0.25, 0.3) is 0 Å². The molecule has 1 aromatic rings. The van der Waals surface area contributed by atoms with Crippen molar-refractivity contribution in [1.29, 1.82) is 0 Å². The fraction of sp³-hybridized carbons (Fsp3) is 0.400. The summed E-state index contributed by atoms with van der Waals surface area (Å²) in [5.74, 6) is -0.144. The van der Waals surface area contributed by atoms with Gasteiger partial charge in [0.25, 0.3) is 0 Å². The van der Waals surface area contributed by atoms with E-state index in [-0.39, 0.29) is 19.8 Å². The van der Waals surface area contributed by atoms with E-state index in [4.69, 9.17) is 20.7 Å². The number of hydrogen-bond donors (Lipinski definition) is 3. The van der Waals surface area contributed by atoms with Crippen molar-refractivity contribution in [3.63, 3.8) is 0 Å². The first-order chi connectivity index (χ1) is 7.15. The lowest BCUT2D eigenvalue weighted by Gasteiger charge is -2.10. The van der Waals surface area contributed by atoms with Gasteiger partial charge in [-0.25, -0.2) is 4.39 Å². The molecule has 0 saturated heterocycles. The van der Waals surface area contributed by atoms with Crippen molar-refractivity contribution in [2.45, 2.75) is 12.6 Å². The van der Waals surface area contributed by atoms with Crippen LogP contribution in [-0.4, -0.2) is 29.5 Å². The van der Waals surface area contributed by atoms with Crippen LogP contribution in [-0.2, 0) is 6.54 Å². The largest absolute Gasteiger partial charge is 0.491 e. The molecule has 84 valence electrons. The van der Waals surface area contributed by atoms with Crippen LogP contribution < -0.4 is 10.5 Å². The highest BCUT2D eigenvalue weighted by atomic mass is 19.1. The van der Waals surface area contributed by atoms with Gasteiger partial charge in [0.2, 0.25) is 0 Å². The second-order valence-electron chi connectivity index (χ2n) is 3.15. The van der Waals surface area contributed by atoms with Gasteiger partial charge in [0, 0.05) is 12.6 Å². The molecule has 0 amide bonds. The minimum atomic E-state index is -0.963. The maximum atomic E-state index is 13.0. The molecule has 1 aromatic carbocycles. The SMILES string of the molecule is NCc1cc(F)cc(OCC(O)CO)c1. The topological polar surface area (TPSA) is 75.7 Å². The van der Waals surface area contributed by atoms with Crippen LogP contribution in [0.15, 0.2) is 18.2 Å². The Balaban J connectivity index is 2.64. The standard InChI is InChI=1S/C10H14FNO3/c11-8-1-7(4-12)2-10(3-8)15-6-9(14)5-13/h1-3,9,13-14H,4-6,12H2. The molecule has 0 aliphatic rings. The number of aliphatic hydroxyl groups excluding tert-OH is 2. The Kier molecular flexibility index (Phi) is 4.48. The van der Waals surface area contributed by atoms with Crippen LogP contribution in [0.4, 0.5) is 4.39 Å². The Morgan fingerprint density at radius 1 is 1.40 bits per heavy atom. The summed E-state index contributed by atoms with van der Waals surface area (Å²) in [5.41, 5.74) is 5.97. The van der Waals surface area contributed by atoms with Crippen LogP contribution in [0.3, 0.4) is 0 Å². The van der Waals surface area contributed by atoms with Gasteiger partial charge in [-0.15, -0.1) is 0 Å². The van der Waals surface area contributed by atoms with Gasteiger partial charge in [0.1, 0.15) is 24.3 Å². The number of aliphatic hydroxyl groups is 2. The van der Waals surface area contributed by atoms with Gasteiger partial charge in [-0.05, 0) is 17.7 Å². The summed E-state index contributed by atoms with van der Waals surface area (Å²) < 4.78 is 18.0. The summed E-state index contributed by atoms with van der Waals surface area (Å²) in [6.45, 7) is -0.250. The molecule has 0 aliphatic carbocycles. The Morgan fingerprint density at radius 3 is 2.73 bits per heavy atom. The third-order valence-corrected chi connectivity index (χ3v) is 1.82. The fourth-order valence-electron chi connectivity index (χ4n) is 1.07. The number of nitrogens with two attached hydrogens (primary N) is 1. The van der Waals surface area contributed by atoms with E-state index in [0.717, 1.165) is 0 Å². The Hall–Kier alpha value is -1.17. The quantitative estimate of drug-likeness (QED) is 0.647. The van der Waals surface area contributed by atoms with E-state index >= 15 is 0 Å². The third kappa shape index (κ3) is 3.83. The van der Waals surface area contributed by atoms with E-state index in [2.05, 4.69) is 0 Å². The molecular weight excluding hydrogens is 201 g/mol. The number of benzene rings is 1. The molecule has 0 aliphatic heterocycles. The third-order valence-electron chi connectivity index (χ3n) is 1.82. The molecule has 4 nitrogen and oxygen atoms in total. The molecule has 1 rings (SSSR count). The molecule has 15 heavy (non-hydrogen) atoms. The summed E-state index contributed by atoms with van der Waals surface area (Å²) in [5, 5.41) is 17.6. The van der Waals surface area contributed by atoms with Crippen molar-refractivity contribution in [2.75, 3.05) is 13.2 Å². The predicted molar refractivity (Wildman–Crippen MR) is 52.9 cm³/mol. The fourth-order valence-corrected chi connectivity index (χ4v) is 1.07. The highest BCUT2D eigenvalue weighted by molar-refractivity contribution is 5.29. The maximum absolute atomic E-state index is 13.0. The predicted octanol–water partition coefficient (Wildman–Crippen LogP) is 0.0164. The number of hydrogen-bond acceptors (Lipinski definition) is 4. The Morgan fingerprint density at radius 2 is 2.13 bits per heavy atom. The van der Waals surface area contributed by atoms with Crippen LogP contribution in [0.1, 0.15) is 5.56 Å². The summed E-state index contributed by atoms with van der Waals surface area (Å²) in [7, 11) is 0. The first-order valence-electron chi connectivity index (χ1n) is 4.57. The van der Waals surface area contributed by atoms with Gasteiger partial charge in [-0.1, -0.05) is 0 Å². The van der Waals surface area contributed by atoms with Gasteiger partial charge < -0.3 is 20.7 Å². The number of ether oxygens (including phenoxy) is 1. The second kappa shape index (κ2) is 5.65. The minimum Gasteiger partial charge on any atom is -0.491 e. The second-order valence-corrected chi connectivity index (χ2v) is 3.15. The van der Waals surface area contributed by atoms with Crippen molar-refractivity contribution < 1.29 is 19.3 Å². The van der Waals surface area contributed by atoms with Gasteiger partial charge in [0.15, 0.2) is 0 Å². The highest BCUT2D eigenvalue weighted by Crippen LogP contribution is 2.16.